The van der Waals surface area contributed by atoms with Crippen molar-refractivity contribution < 1.29 is 19.1 Å². The van der Waals surface area contributed by atoms with Crippen molar-refractivity contribution in [3.63, 3.8) is 0 Å². The van der Waals surface area contributed by atoms with Crippen LogP contribution in [-0.2, 0) is 14.3 Å². The van der Waals surface area contributed by atoms with E-state index < -0.39 is 0 Å². The second-order valence-electron chi connectivity index (χ2n) is 7.14. The summed E-state index contributed by atoms with van der Waals surface area (Å²) in [7, 11) is 1.62. The van der Waals surface area contributed by atoms with E-state index in [1.54, 1.807) is 29.3 Å². The lowest BCUT2D eigenvalue weighted by Crippen LogP contribution is -2.47. The molecule has 0 saturated carbocycles. The average molecular weight is 396 g/mol. The maximum atomic E-state index is 12.7. The van der Waals surface area contributed by atoms with Crippen molar-refractivity contribution in [1.29, 1.82) is 0 Å². The molecule has 0 aliphatic carbocycles. The zero-order valence-electron chi connectivity index (χ0n) is 16.4. The summed E-state index contributed by atoms with van der Waals surface area (Å²) in [6.07, 6.45) is 4.25. The number of hydrogen-bond donors (Lipinski definition) is 0. The summed E-state index contributed by atoms with van der Waals surface area (Å²) in [6, 6.07) is 7.62. The highest BCUT2D eigenvalue weighted by atomic mass is 16.5. The van der Waals surface area contributed by atoms with E-state index in [4.69, 9.17) is 9.47 Å². The van der Waals surface area contributed by atoms with Crippen LogP contribution in [0.5, 0.6) is 5.75 Å². The minimum atomic E-state index is -0.378. The lowest BCUT2D eigenvalue weighted by Gasteiger charge is -2.34. The Morgan fingerprint density at radius 2 is 2.14 bits per heavy atom. The fourth-order valence-corrected chi connectivity index (χ4v) is 3.75. The molecule has 3 heterocycles. The molecule has 2 aliphatic heterocycles. The van der Waals surface area contributed by atoms with Gasteiger partial charge in [-0.15, -0.1) is 0 Å². The first-order valence-electron chi connectivity index (χ1n) is 9.78. The van der Waals surface area contributed by atoms with Gasteiger partial charge in [-0.05, 0) is 18.6 Å². The van der Waals surface area contributed by atoms with Crippen LogP contribution in [0, 0.1) is 0 Å². The van der Waals surface area contributed by atoms with Gasteiger partial charge in [-0.3, -0.25) is 19.6 Å². The number of carbonyl (C=O) groups is 2. The topological polar surface area (TPSA) is 84.9 Å². The van der Waals surface area contributed by atoms with Crippen LogP contribution in [0.2, 0.25) is 0 Å². The molecule has 2 aliphatic rings. The number of aromatic nitrogens is 2. The van der Waals surface area contributed by atoms with Crippen LogP contribution >= 0.6 is 0 Å². The van der Waals surface area contributed by atoms with Crippen LogP contribution in [0.15, 0.2) is 36.7 Å². The highest BCUT2D eigenvalue weighted by Crippen LogP contribution is 2.30. The molecular formula is C21H24N4O4. The van der Waals surface area contributed by atoms with E-state index in [0.717, 1.165) is 17.7 Å². The predicted molar refractivity (Wildman–Crippen MR) is 105 cm³/mol. The Morgan fingerprint density at radius 3 is 2.93 bits per heavy atom. The minimum absolute atomic E-state index is 0.0531. The summed E-state index contributed by atoms with van der Waals surface area (Å²) < 4.78 is 11.3. The molecule has 152 valence electrons. The third-order valence-corrected chi connectivity index (χ3v) is 5.29. The maximum Gasteiger partial charge on any atom is 0.242 e. The number of amides is 2. The van der Waals surface area contributed by atoms with Gasteiger partial charge >= 0.3 is 0 Å². The van der Waals surface area contributed by atoms with Gasteiger partial charge in [0.1, 0.15) is 11.9 Å². The molecule has 1 unspecified atom stereocenters. The van der Waals surface area contributed by atoms with Crippen molar-refractivity contribution in [3.8, 4) is 17.0 Å². The van der Waals surface area contributed by atoms with E-state index in [1.807, 2.05) is 24.3 Å². The fraction of sp³-hybridized carbons (Fsp3) is 0.429. The number of methoxy groups -OCH3 is 1. The number of nitrogens with zero attached hydrogens (tertiary/aromatic N) is 4. The number of likely N-dealkylation sites (tertiary alicyclic amines) is 1. The molecule has 1 aromatic heterocycles. The van der Waals surface area contributed by atoms with Crippen LogP contribution in [0.3, 0.4) is 0 Å². The molecule has 2 fully saturated rings. The minimum Gasteiger partial charge on any atom is -0.497 e. The monoisotopic (exact) mass is 396 g/mol. The van der Waals surface area contributed by atoms with Gasteiger partial charge < -0.3 is 19.3 Å². The van der Waals surface area contributed by atoms with Gasteiger partial charge in [0.15, 0.2) is 0 Å². The first-order valence-corrected chi connectivity index (χ1v) is 9.78. The molecule has 1 aromatic carbocycles. The van der Waals surface area contributed by atoms with Gasteiger partial charge in [-0.25, -0.2) is 0 Å². The zero-order chi connectivity index (χ0) is 20.2. The summed E-state index contributed by atoms with van der Waals surface area (Å²) in [5, 5.41) is 0. The van der Waals surface area contributed by atoms with E-state index in [0.29, 0.717) is 44.0 Å². The first kappa shape index (κ1) is 19.3. The van der Waals surface area contributed by atoms with Crippen molar-refractivity contribution in [1.82, 2.24) is 19.8 Å². The van der Waals surface area contributed by atoms with E-state index in [-0.39, 0.29) is 24.5 Å². The lowest BCUT2D eigenvalue weighted by atomic mass is 10.0. The molecule has 4 rings (SSSR count). The van der Waals surface area contributed by atoms with Gasteiger partial charge in [0.2, 0.25) is 11.8 Å². The summed E-state index contributed by atoms with van der Waals surface area (Å²) in [5.74, 6) is 0.730. The van der Waals surface area contributed by atoms with E-state index in [9.17, 15) is 9.59 Å². The highest BCUT2D eigenvalue weighted by Gasteiger charge is 2.31. The van der Waals surface area contributed by atoms with Crippen LogP contribution < -0.4 is 4.74 Å². The standard InChI is InChI=1S/C21H24N4O4/c1-28-16-5-2-4-15(12-16)20-21(23-8-7-22-20)17-13-25(10-11-29-17)19(27)14-24-9-3-6-18(24)26/h2,4-5,7-8,12,17H,3,6,9-11,13-14H2,1H3. The maximum absolute atomic E-state index is 12.7. The number of hydrogen-bond acceptors (Lipinski definition) is 6. The molecule has 2 aromatic rings. The lowest BCUT2D eigenvalue weighted by molar-refractivity contribution is -0.143. The van der Waals surface area contributed by atoms with Crippen molar-refractivity contribution in [2.24, 2.45) is 0 Å². The summed E-state index contributed by atoms with van der Waals surface area (Å²) in [6.45, 7) is 2.10. The molecular weight excluding hydrogens is 372 g/mol. The smallest absolute Gasteiger partial charge is 0.242 e. The molecule has 0 radical (unpaired) electrons. The Hall–Kier alpha value is -3.00. The first-order chi connectivity index (χ1) is 14.2. The Balaban J connectivity index is 1.52. The molecule has 0 N–H and O–H groups in total. The van der Waals surface area contributed by atoms with Crippen molar-refractivity contribution in [2.45, 2.75) is 18.9 Å². The zero-order valence-corrected chi connectivity index (χ0v) is 16.4. The van der Waals surface area contributed by atoms with E-state index in [1.165, 1.54) is 0 Å². The normalized spacial score (nSPS) is 19.5. The van der Waals surface area contributed by atoms with E-state index >= 15 is 0 Å². The van der Waals surface area contributed by atoms with E-state index in [2.05, 4.69) is 9.97 Å². The van der Waals surface area contributed by atoms with Gasteiger partial charge in [-0.1, -0.05) is 12.1 Å². The van der Waals surface area contributed by atoms with Crippen LogP contribution in [0.4, 0.5) is 0 Å². The van der Waals surface area contributed by atoms with Gasteiger partial charge in [0.05, 0.1) is 38.2 Å². The third-order valence-electron chi connectivity index (χ3n) is 5.29. The van der Waals surface area contributed by atoms with Crippen LogP contribution in [0.25, 0.3) is 11.3 Å². The van der Waals surface area contributed by atoms with Crippen LogP contribution in [-0.4, -0.2) is 71.5 Å². The Kier molecular flexibility index (Phi) is 5.71. The quantitative estimate of drug-likeness (QED) is 0.764. The molecule has 2 saturated heterocycles. The largest absolute Gasteiger partial charge is 0.497 e. The molecule has 0 spiro atoms. The average Bonchev–Trinajstić information content (AvgIpc) is 3.18. The van der Waals surface area contributed by atoms with Crippen molar-refractivity contribution in [2.75, 3.05) is 39.9 Å². The number of rotatable bonds is 5. The molecule has 1 atom stereocenters. The van der Waals surface area contributed by atoms with Gasteiger partial charge in [0.25, 0.3) is 0 Å². The Morgan fingerprint density at radius 1 is 1.28 bits per heavy atom. The summed E-state index contributed by atoms with van der Waals surface area (Å²) in [4.78, 5) is 37.0. The summed E-state index contributed by atoms with van der Waals surface area (Å²) in [5.41, 5.74) is 2.28. The third kappa shape index (κ3) is 4.22. The molecule has 29 heavy (non-hydrogen) atoms. The number of benzene rings is 1. The summed E-state index contributed by atoms with van der Waals surface area (Å²) >= 11 is 0. The second kappa shape index (κ2) is 8.57. The van der Waals surface area contributed by atoms with Gasteiger partial charge in [0, 0.05) is 37.5 Å². The Bertz CT molecular complexity index is 904. The second-order valence-corrected chi connectivity index (χ2v) is 7.14. The molecule has 2 amide bonds. The van der Waals surface area contributed by atoms with Crippen molar-refractivity contribution >= 4 is 11.8 Å². The molecule has 0 bridgehead atoms. The molecule has 8 heteroatoms. The fourth-order valence-electron chi connectivity index (χ4n) is 3.75. The molecule has 8 nitrogen and oxygen atoms in total. The predicted octanol–water partition coefficient (Wildman–Crippen LogP) is 1.67. The Labute approximate surface area is 169 Å². The highest BCUT2D eigenvalue weighted by molar-refractivity contribution is 5.86. The number of ether oxygens (including phenoxy) is 2. The number of morpholine rings is 1. The van der Waals surface area contributed by atoms with Gasteiger partial charge in [-0.2, -0.15) is 0 Å². The van der Waals surface area contributed by atoms with Crippen LogP contribution in [0.1, 0.15) is 24.6 Å². The number of carbonyl (C=O) groups excluding carboxylic acids is 2. The SMILES string of the molecule is COc1cccc(-c2nccnc2C2CN(C(=O)CN3CCCC3=O)CCO2)c1. The van der Waals surface area contributed by atoms with Crippen molar-refractivity contribution in [3.05, 3.63) is 42.4 Å².